The van der Waals surface area contributed by atoms with Gasteiger partial charge in [-0.1, -0.05) is 66.7 Å². The molecule has 0 aliphatic heterocycles. The lowest BCUT2D eigenvalue weighted by atomic mass is 10.1. The third kappa shape index (κ3) is 4.55. The van der Waals surface area contributed by atoms with E-state index in [2.05, 4.69) is 10.4 Å². The van der Waals surface area contributed by atoms with Gasteiger partial charge in [0, 0.05) is 23.6 Å². The van der Waals surface area contributed by atoms with E-state index >= 15 is 0 Å². The van der Waals surface area contributed by atoms with E-state index in [9.17, 15) is 9.59 Å². The van der Waals surface area contributed by atoms with Crippen LogP contribution in [0.3, 0.4) is 0 Å². The van der Waals surface area contributed by atoms with Gasteiger partial charge in [-0.05, 0) is 17.5 Å². The molecule has 0 atom stereocenters. The molecule has 4 rings (SSSR count). The van der Waals surface area contributed by atoms with Crippen molar-refractivity contribution < 1.29 is 9.53 Å². The first kappa shape index (κ1) is 19.4. The number of fused-ring (bicyclic) bond motifs is 1. The summed E-state index contributed by atoms with van der Waals surface area (Å²) < 4.78 is 7.04. The minimum atomic E-state index is -0.254. The fourth-order valence-electron chi connectivity index (χ4n) is 3.19. The average molecular weight is 399 g/mol. The largest absolute Gasteiger partial charge is 0.483 e. The first-order valence-electron chi connectivity index (χ1n) is 9.71. The van der Waals surface area contributed by atoms with Gasteiger partial charge in [0.2, 0.25) is 0 Å². The number of ether oxygens (including phenoxy) is 1. The molecule has 1 amide bonds. The number of nitrogens with zero attached hydrogens (tertiary/aromatic N) is 2. The van der Waals surface area contributed by atoms with Crippen LogP contribution >= 0.6 is 0 Å². The Labute approximate surface area is 173 Å². The van der Waals surface area contributed by atoms with Crippen LogP contribution in [-0.4, -0.2) is 28.8 Å². The number of benzene rings is 3. The molecule has 0 fully saturated rings. The molecule has 0 spiro atoms. The highest BCUT2D eigenvalue weighted by atomic mass is 16.5. The van der Waals surface area contributed by atoms with Crippen molar-refractivity contribution in [2.75, 3.05) is 13.2 Å². The molecule has 0 bridgehead atoms. The fourth-order valence-corrected chi connectivity index (χ4v) is 3.19. The molecule has 0 saturated carbocycles. The van der Waals surface area contributed by atoms with Crippen LogP contribution in [0.5, 0.6) is 5.75 Å². The fraction of sp³-hybridized carbons (Fsp3) is 0.125. The third-order valence-electron chi connectivity index (χ3n) is 4.69. The Morgan fingerprint density at radius 1 is 0.900 bits per heavy atom. The van der Waals surface area contributed by atoms with E-state index in [4.69, 9.17) is 4.74 Å². The van der Waals surface area contributed by atoms with Gasteiger partial charge < -0.3 is 10.1 Å². The van der Waals surface area contributed by atoms with Gasteiger partial charge in [0.05, 0.1) is 12.2 Å². The summed E-state index contributed by atoms with van der Waals surface area (Å²) in [6, 6.07) is 26.4. The average Bonchev–Trinajstić information content (AvgIpc) is 2.79. The summed E-state index contributed by atoms with van der Waals surface area (Å²) in [5.41, 5.74) is 1.43. The molecule has 4 aromatic rings. The number of carbonyl (C=O) groups is 1. The van der Waals surface area contributed by atoms with E-state index in [1.165, 1.54) is 10.7 Å². The highest BCUT2D eigenvalue weighted by Crippen LogP contribution is 2.24. The lowest BCUT2D eigenvalue weighted by Crippen LogP contribution is -2.34. The van der Waals surface area contributed by atoms with Crippen LogP contribution in [0.2, 0.25) is 0 Å². The number of rotatable bonds is 7. The molecule has 1 N–H and O–H groups in total. The van der Waals surface area contributed by atoms with E-state index in [1.807, 2.05) is 72.8 Å². The van der Waals surface area contributed by atoms with Crippen LogP contribution < -0.4 is 15.6 Å². The normalized spacial score (nSPS) is 10.7. The van der Waals surface area contributed by atoms with Crippen molar-refractivity contribution in [3.05, 3.63) is 95.3 Å². The predicted molar refractivity (Wildman–Crippen MR) is 116 cm³/mol. The van der Waals surface area contributed by atoms with Crippen LogP contribution in [0.25, 0.3) is 22.0 Å². The molecule has 0 aliphatic carbocycles. The molecule has 3 aromatic carbocycles. The topological polar surface area (TPSA) is 73.2 Å². The van der Waals surface area contributed by atoms with Crippen LogP contribution in [-0.2, 0) is 11.3 Å². The van der Waals surface area contributed by atoms with E-state index in [0.717, 1.165) is 16.3 Å². The molecule has 0 radical (unpaired) electrons. The highest BCUT2D eigenvalue weighted by Gasteiger charge is 2.07. The second-order valence-electron chi connectivity index (χ2n) is 6.76. The summed E-state index contributed by atoms with van der Waals surface area (Å²) in [4.78, 5) is 24.2. The van der Waals surface area contributed by atoms with Crippen molar-refractivity contribution in [3.63, 3.8) is 0 Å². The maximum Gasteiger partial charge on any atom is 0.266 e. The van der Waals surface area contributed by atoms with Crippen molar-refractivity contribution >= 4 is 16.7 Å². The van der Waals surface area contributed by atoms with Crippen molar-refractivity contribution in [3.8, 4) is 17.0 Å². The number of nitrogens with one attached hydrogen (secondary N) is 1. The molecule has 0 aliphatic rings. The molecule has 150 valence electrons. The Kier molecular flexibility index (Phi) is 5.85. The Bertz CT molecular complexity index is 1210. The van der Waals surface area contributed by atoms with E-state index in [0.29, 0.717) is 11.4 Å². The van der Waals surface area contributed by atoms with Crippen molar-refractivity contribution in [2.24, 2.45) is 0 Å². The van der Waals surface area contributed by atoms with Crippen molar-refractivity contribution in [1.82, 2.24) is 15.1 Å². The number of hydrogen-bond donors (Lipinski definition) is 1. The van der Waals surface area contributed by atoms with Gasteiger partial charge in [0.15, 0.2) is 6.61 Å². The van der Waals surface area contributed by atoms with Gasteiger partial charge in [0.1, 0.15) is 5.75 Å². The van der Waals surface area contributed by atoms with E-state index in [-0.39, 0.29) is 31.2 Å². The highest BCUT2D eigenvalue weighted by molar-refractivity contribution is 5.88. The van der Waals surface area contributed by atoms with E-state index in [1.54, 1.807) is 6.07 Å². The zero-order valence-corrected chi connectivity index (χ0v) is 16.3. The molecular weight excluding hydrogens is 378 g/mol. The standard InChI is InChI=1S/C24H21N3O3/c28-23(17-30-22-12-6-10-18-7-4-5-11-20(18)22)25-15-16-27-24(29)14-13-21(26-27)19-8-2-1-3-9-19/h1-14H,15-17H2,(H,25,28). The molecule has 0 unspecified atom stereocenters. The summed E-state index contributed by atoms with van der Waals surface area (Å²) >= 11 is 0. The minimum absolute atomic E-state index is 0.0968. The Balaban J connectivity index is 1.33. The van der Waals surface area contributed by atoms with Crippen LogP contribution in [0.15, 0.2) is 89.7 Å². The summed E-state index contributed by atoms with van der Waals surface area (Å²) in [6.07, 6.45) is 0. The minimum Gasteiger partial charge on any atom is -0.483 e. The molecule has 0 saturated heterocycles. The van der Waals surface area contributed by atoms with Crippen LogP contribution in [0, 0.1) is 0 Å². The second kappa shape index (κ2) is 9.05. The first-order chi connectivity index (χ1) is 14.7. The smallest absolute Gasteiger partial charge is 0.266 e. The summed E-state index contributed by atoms with van der Waals surface area (Å²) in [5, 5.41) is 9.18. The monoisotopic (exact) mass is 399 g/mol. The molecule has 1 heterocycles. The lowest BCUT2D eigenvalue weighted by molar-refractivity contribution is -0.123. The Hall–Kier alpha value is -3.93. The second-order valence-corrected chi connectivity index (χ2v) is 6.76. The number of hydrogen-bond acceptors (Lipinski definition) is 4. The SMILES string of the molecule is O=C(COc1cccc2ccccc12)NCCn1nc(-c2ccccc2)ccc1=O. The van der Waals surface area contributed by atoms with Crippen molar-refractivity contribution in [1.29, 1.82) is 0 Å². The van der Waals surface area contributed by atoms with Gasteiger partial charge in [-0.3, -0.25) is 9.59 Å². The van der Waals surface area contributed by atoms with Crippen molar-refractivity contribution in [2.45, 2.75) is 6.54 Å². The molecule has 1 aromatic heterocycles. The van der Waals surface area contributed by atoms with Gasteiger partial charge in [-0.2, -0.15) is 5.10 Å². The molecular formula is C24H21N3O3. The zero-order chi connectivity index (χ0) is 20.8. The quantitative estimate of drug-likeness (QED) is 0.518. The van der Waals surface area contributed by atoms with Gasteiger partial charge in [0.25, 0.3) is 11.5 Å². The summed E-state index contributed by atoms with van der Waals surface area (Å²) in [6.45, 7) is 0.461. The third-order valence-corrected chi connectivity index (χ3v) is 4.69. The number of aromatic nitrogens is 2. The Morgan fingerprint density at radius 3 is 2.53 bits per heavy atom. The van der Waals surface area contributed by atoms with Crippen LogP contribution in [0.1, 0.15) is 0 Å². The number of amides is 1. The van der Waals surface area contributed by atoms with Gasteiger partial charge in [-0.15, -0.1) is 0 Å². The molecule has 6 nitrogen and oxygen atoms in total. The first-order valence-corrected chi connectivity index (χ1v) is 9.71. The number of carbonyl (C=O) groups excluding carboxylic acids is 1. The lowest BCUT2D eigenvalue weighted by Gasteiger charge is -2.11. The van der Waals surface area contributed by atoms with Gasteiger partial charge in [-0.25, -0.2) is 4.68 Å². The predicted octanol–water partition coefficient (Wildman–Crippen LogP) is 3.26. The summed E-state index contributed by atoms with van der Waals surface area (Å²) in [7, 11) is 0. The van der Waals surface area contributed by atoms with E-state index < -0.39 is 0 Å². The molecule has 30 heavy (non-hydrogen) atoms. The van der Waals surface area contributed by atoms with Gasteiger partial charge >= 0.3 is 0 Å². The zero-order valence-electron chi connectivity index (χ0n) is 16.3. The maximum absolute atomic E-state index is 12.2. The molecule has 6 heteroatoms. The maximum atomic E-state index is 12.2. The Morgan fingerprint density at radius 2 is 1.67 bits per heavy atom. The van der Waals surface area contributed by atoms with Crippen LogP contribution in [0.4, 0.5) is 0 Å². The summed E-state index contributed by atoms with van der Waals surface area (Å²) in [5.74, 6) is 0.409.